The third-order valence-corrected chi connectivity index (χ3v) is 4.39. The largest absolute Gasteiger partial charge is 0.316 e. The zero-order valence-corrected chi connectivity index (χ0v) is 13.8. The van der Waals surface area contributed by atoms with Gasteiger partial charge in [0.15, 0.2) is 0 Å². The van der Waals surface area contributed by atoms with Crippen molar-refractivity contribution in [3.8, 4) is 10.6 Å². The van der Waals surface area contributed by atoms with Crippen LogP contribution in [0.4, 0.5) is 0 Å². The van der Waals surface area contributed by atoms with Crippen LogP contribution in [-0.4, -0.2) is 23.3 Å². The van der Waals surface area contributed by atoms with Crippen molar-refractivity contribution in [2.75, 3.05) is 13.1 Å². The monoisotopic (exact) mass is 359 g/mol. The first-order valence-corrected chi connectivity index (χ1v) is 8.18. The Kier molecular flexibility index (Phi) is 5.76. The van der Waals surface area contributed by atoms with Gasteiger partial charge >= 0.3 is 0 Å². The van der Waals surface area contributed by atoms with E-state index in [1.165, 1.54) is 0 Å². The van der Waals surface area contributed by atoms with Gasteiger partial charge in [0.2, 0.25) is 0 Å². The topological polar surface area (TPSA) is 37.8 Å². The molecule has 0 saturated carbocycles. The molecule has 1 N–H and O–H groups in total. The standard InChI is InChI=1S/C13H15BrClN3S/c1-2-6-16-7-5-12-17-18-13(19-12)10-4-3-9(14)8-11(10)15/h3-4,8,16H,2,5-7H2,1H3. The molecule has 2 rings (SSSR count). The van der Waals surface area contributed by atoms with E-state index in [0.29, 0.717) is 5.02 Å². The Morgan fingerprint density at radius 1 is 1.32 bits per heavy atom. The summed E-state index contributed by atoms with van der Waals surface area (Å²) in [5, 5.41) is 14.4. The summed E-state index contributed by atoms with van der Waals surface area (Å²) in [6.07, 6.45) is 2.06. The molecule has 0 fully saturated rings. The minimum atomic E-state index is 0.696. The van der Waals surface area contributed by atoms with E-state index in [9.17, 15) is 0 Å². The van der Waals surface area contributed by atoms with Gasteiger partial charge in [-0.2, -0.15) is 0 Å². The zero-order valence-electron chi connectivity index (χ0n) is 10.6. The molecule has 0 spiro atoms. The van der Waals surface area contributed by atoms with Crippen LogP contribution in [0, 0.1) is 0 Å². The number of aromatic nitrogens is 2. The van der Waals surface area contributed by atoms with Crippen LogP contribution in [0.15, 0.2) is 22.7 Å². The van der Waals surface area contributed by atoms with Crippen LogP contribution < -0.4 is 5.32 Å². The first-order chi connectivity index (χ1) is 9.20. The summed E-state index contributed by atoms with van der Waals surface area (Å²) in [6, 6.07) is 5.80. The van der Waals surface area contributed by atoms with E-state index in [1.54, 1.807) is 11.3 Å². The summed E-state index contributed by atoms with van der Waals surface area (Å²) in [5.41, 5.74) is 0.940. The number of hydrogen-bond acceptors (Lipinski definition) is 4. The predicted molar refractivity (Wildman–Crippen MR) is 84.9 cm³/mol. The first-order valence-electron chi connectivity index (χ1n) is 6.19. The highest BCUT2D eigenvalue weighted by atomic mass is 79.9. The van der Waals surface area contributed by atoms with E-state index in [2.05, 4.69) is 38.4 Å². The second kappa shape index (κ2) is 7.33. The molecule has 2 aromatic rings. The van der Waals surface area contributed by atoms with Gasteiger partial charge in [-0.25, -0.2) is 0 Å². The molecule has 0 aliphatic rings. The van der Waals surface area contributed by atoms with Gasteiger partial charge < -0.3 is 5.32 Å². The molecule has 1 aromatic heterocycles. The lowest BCUT2D eigenvalue weighted by molar-refractivity contribution is 0.668. The third-order valence-electron chi connectivity index (χ3n) is 2.57. The molecule has 1 heterocycles. The number of nitrogens with one attached hydrogen (secondary N) is 1. The smallest absolute Gasteiger partial charge is 0.149 e. The highest BCUT2D eigenvalue weighted by Gasteiger charge is 2.10. The molecule has 0 radical (unpaired) electrons. The Balaban J connectivity index is 2.04. The van der Waals surface area contributed by atoms with Crippen LogP contribution in [0.1, 0.15) is 18.4 Å². The summed E-state index contributed by atoms with van der Waals surface area (Å²) >= 11 is 11.2. The lowest BCUT2D eigenvalue weighted by atomic mass is 10.2. The van der Waals surface area contributed by atoms with Gasteiger partial charge in [0.1, 0.15) is 10.0 Å². The fourth-order valence-corrected chi connectivity index (χ4v) is 3.32. The van der Waals surface area contributed by atoms with Crippen molar-refractivity contribution in [1.29, 1.82) is 0 Å². The molecule has 19 heavy (non-hydrogen) atoms. The second-order valence-corrected chi connectivity index (χ2v) is 6.51. The first kappa shape index (κ1) is 14.9. The quantitative estimate of drug-likeness (QED) is 0.786. The molecule has 0 unspecified atom stereocenters. The normalized spacial score (nSPS) is 10.9. The van der Waals surface area contributed by atoms with E-state index in [0.717, 1.165) is 46.0 Å². The third kappa shape index (κ3) is 4.24. The lowest BCUT2D eigenvalue weighted by Gasteiger charge is -2.00. The lowest BCUT2D eigenvalue weighted by Crippen LogP contribution is -2.17. The number of hydrogen-bond donors (Lipinski definition) is 1. The van der Waals surface area contributed by atoms with Gasteiger partial charge in [-0.1, -0.05) is 45.8 Å². The average molecular weight is 361 g/mol. The molecule has 0 aliphatic carbocycles. The average Bonchev–Trinajstić information content (AvgIpc) is 2.83. The Hall–Kier alpha value is -0.490. The predicted octanol–water partition coefficient (Wildman–Crippen LogP) is 4.16. The van der Waals surface area contributed by atoms with Crippen LogP contribution in [0.3, 0.4) is 0 Å². The van der Waals surface area contributed by atoms with Crippen LogP contribution in [0.25, 0.3) is 10.6 Å². The molecular weight excluding hydrogens is 346 g/mol. The zero-order chi connectivity index (χ0) is 13.7. The number of nitrogens with zero attached hydrogens (tertiary/aromatic N) is 2. The van der Waals surface area contributed by atoms with Gasteiger partial charge in [0.05, 0.1) is 5.02 Å². The highest BCUT2D eigenvalue weighted by Crippen LogP contribution is 2.32. The summed E-state index contributed by atoms with van der Waals surface area (Å²) < 4.78 is 0.967. The summed E-state index contributed by atoms with van der Waals surface area (Å²) in [4.78, 5) is 0. The Bertz CT molecular complexity index is 544. The van der Waals surface area contributed by atoms with Crippen molar-refractivity contribution in [3.63, 3.8) is 0 Å². The molecule has 6 heteroatoms. The SMILES string of the molecule is CCCNCCc1nnc(-c2ccc(Br)cc2Cl)s1. The maximum Gasteiger partial charge on any atom is 0.149 e. The van der Waals surface area contributed by atoms with Crippen LogP contribution in [0.2, 0.25) is 5.02 Å². The van der Waals surface area contributed by atoms with Gasteiger partial charge in [0.25, 0.3) is 0 Å². The molecule has 0 amide bonds. The number of rotatable bonds is 6. The van der Waals surface area contributed by atoms with Crippen molar-refractivity contribution in [3.05, 3.63) is 32.7 Å². The minimum Gasteiger partial charge on any atom is -0.316 e. The fraction of sp³-hybridized carbons (Fsp3) is 0.385. The Labute approximate surface area is 130 Å². The second-order valence-electron chi connectivity index (χ2n) is 4.13. The maximum atomic E-state index is 6.22. The molecule has 0 bridgehead atoms. The molecule has 0 saturated heterocycles. The summed E-state index contributed by atoms with van der Waals surface area (Å²) in [7, 11) is 0. The van der Waals surface area contributed by atoms with Crippen LogP contribution in [0.5, 0.6) is 0 Å². The minimum absolute atomic E-state index is 0.696. The van der Waals surface area contributed by atoms with E-state index < -0.39 is 0 Å². The molecule has 102 valence electrons. The van der Waals surface area contributed by atoms with E-state index in [4.69, 9.17) is 11.6 Å². The summed E-state index contributed by atoms with van der Waals surface area (Å²) in [5.74, 6) is 0. The van der Waals surface area contributed by atoms with Gasteiger partial charge in [-0.3, -0.25) is 0 Å². The van der Waals surface area contributed by atoms with Crippen LogP contribution >= 0.6 is 38.9 Å². The van der Waals surface area contributed by atoms with Crippen molar-refractivity contribution in [2.24, 2.45) is 0 Å². The maximum absolute atomic E-state index is 6.22. The summed E-state index contributed by atoms with van der Waals surface area (Å²) in [6.45, 7) is 4.15. The molecule has 1 aromatic carbocycles. The van der Waals surface area contributed by atoms with Crippen molar-refractivity contribution in [1.82, 2.24) is 15.5 Å². The van der Waals surface area contributed by atoms with Crippen LogP contribution in [-0.2, 0) is 6.42 Å². The van der Waals surface area contributed by atoms with Gasteiger partial charge in [-0.05, 0) is 31.2 Å². The fourth-order valence-electron chi connectivity index (χ4n) is 1.62. The number of halogens is 2. The van der Waals surface area contributed by atoms with Crippen molar-refractivity contribution >= 4 is 38.9 Å². The van der Waals surface area contributed by atoms with Crippen molar-refractivity contribution < 1.29 is 0 Å². The molecule has 3 nitrogen and oxygen atoms in total. The molecule has 0 atom stereocenters. The van der Waals surface area contributed by atoms with E-state index in [1.807, 2.05) is 18.2 Å². The Morgan fingerprint density at radius 2 is 2.16 bits per heavy atom. The van der Waals surface area contributed by atoms with Gasteiger partial charge in [-0.15, -0.1) is 10.2 Å². The van der Waals surface area contributed by atoms with Crippen molar-refractivity contribution in [2.45, 2.75) is 19.8 Å². The van der Waals surface area contributed by atoms with E-state index >= 15 is 0 Å². The Morgan fingerprint density at radius 3 is 2.89 bits per heavy atom. The van der Waals surface area contributed by atoms with Gasteiger partial charge in [0, 0.05) is 23.0 Å². The molecule has 0 aliphatic heterocycles. The van der Waals surface area contributed by atoms with E-state index in [-0.39, 0.29) is 0 Å². The molecular formula is C13H15BrClN3S. The number of benzene rings is 1. The highest BCUT2D eigenvalue weighted by molar-refractivity contribution is 9.10.